The molecule has 0 unspecified atom stereocenters. The largest absolute Gasteiger partial charge is 0.352 e. The summed E-state index contributed by atoms with van der Waals surface area (Å²) in [4.78, 5) is 35.7. The van der Waals surface area contributed by atoms with Crippen molar-refractivity contribution in [2.24, 2.45) is 0 Å². The predicted octanol–water partition coefficient (Wildman–Crippen LogP) is 3.38. The van der Waals surface area contributed by atoms with E-state index >= 15 is 0 Å². The molecule has 1 aliphatic rings. The lowest BCUT2D eigenvalue weighted by molar-refractivity contribution is -0.116. The van der Waals surface area contributed by atoms with Crippen molar-refractivity contribution >= 4 is 40.8 Å². The van der Waals surface area contributed by atoms with Gasteiger partial charge in [-0.05, 0) is 61.4 Å². The Labute approximate surface area is 167 Å². The Morgan fingerprint density at radius 2 is 1.50 bits per heavy atom. The molecule has 2 aromatic carbocycles. The van der Waals surface area contributed by atoms with Gasteiger partial charge in [0.1, 0.15) is 0 Å². The fourth-order valence-electron chi connectivity index (χ4n) is 2.43. The van der Waals surface area contributed by atoms with Crippen molar-refractivity contribution in [2.75, 3.05) is 17.2 Å². The molecule has 1 fully saturated rings. The number of benzene rings is 2. The molecule has 0 saturated heterocycles. The molecule has 0 atom stereocenters. The van der Waals surface area contributed by atoms with Gasteiger partial charge in [-0.15, -0.1) is 0 Å². The highest BCUT2D eigenvalue weighted by Gasteiger charge is 2.23. The van der Waals surface area contributed by atoms with Crippen molar-refractivity contribution in [1.29, 1.82) is 0 Å². The Morgan fingerprint density at radius 3 is 2.11 bits per heavy atom. The summed E-state index contributed by atoms with van der Waals surface area (Å²) < 4.78 is 0. The highest BCUT2D eigenvalue weighted by atomic mass is 35.5. The third-order valence-electron chi connectivity index (χ3n) is 4.08. The van der Waals surface area contributed by atoms with Gasteiger partial charge in [0.2, 0.25) is 5.91 Å². The topological polar surface area (TPSA) is 99.3 Å². The molecular weight excluding hydrogens is 380 g/mol. The maximum absolute atomic E-state index is 12.0. The molecule has 0 spiro atoms. The average molecular weight is 401 g/mol. The van der Waals surface area contributed by atoms with Gasteiger partial charge in [0.05, 0.1) is 0 Å². The van der Waals surface area contributed by atoms with Crippen LogP contribution in [0.5, 0.6) is 0 Å². The first-order valence-electron chi connectivity index (χ1n) is 9.01. The van der Waals surface area contributed by atoms with E-state index in [4.69, 9.17) is 11.6 Å². The fraction of sp³-hybridized carbons (Fsp3) is 0.250. The van der Waals surface area contributed by atoms with Crippen molar-refractivity contribution in [1.82, 2.24) is 10.6 Å². The molecule has 0 aliphatic heterocycles. The molecule has 0 aromatic heterocycles. The van der Waals surface area contributed by atoms with E-state index in [1.54, 1.807) is 48.5 Å². The molecule has 0 heterocycles. The second-order valence-electron chi connectivity index (χ2n) is 6.51. The second-order valence-corrected chi connectivity index (χ2v) is 6.95. The van der Waals surface area contributed by atoms with Crippen LogP contribution in [-0.2, 0) is 4.79 Å². The molecule has 3 rings (SSSR count). The van der Waals surface area contributed by atoms with E-state index in [1.807, 2.05) is 0 Å². The van der Waals surface area contributed by atoms with E-state index in [0.29, 0.717) is 28.0 Å². The SMILES string of the molecule is O=C(CCNC(=O)c1ccc(Cl)cc1)Nc1ccc(NC(=O)NC2CC2)cc1. The number of nitrogens with one attached hydrogen (secondary N) is 4. The summed E-state index contributed by atoms with van der Waals surface area (Å²) in [6.45, 7) is 0.217. The van der Waals surface area contributed by atoms with Gasteiger partial charge in [-0.3, -0.25) is 9.59 Å². The molecular formula is C20H21ClN4O3. The van der Waals surface area contributed by atoms with Crippen molar-refractivity contribution in [3.05, 3.63) is 59.1 Å². The van der Waals surface area contributed by atoms with Crippen molar-refractivity contribution in [3.63, 3.8) is 0 Å². The minimum atomic E-state index is -0.260. The van der Waals surface area contributed by atoms with Crippen LogP contribution < -0.4 is 21.3 Å². The summed E-state index contributed by atoms with van der Waals surface area (Å²) >= 11 is 5.79. The normalized spacial score (nSPS) is 12.8. The number of hydrogen-bond acceptors (Lipinski definition) is 3. The van der Waals surface area contributed by atoms with E-state index < -0.39 is 0 Å². The van der Waals surface area contributed by atoms with Crippen LogP contribution in [0.2, 0.25) is 5.02 Å². The van der Waals surface area contributed by atoms with Gasteiger partial charge in [-0.1, -0.05) is 11.6 Å². The van der Waals surface area contributed by atoms with Crippen LogP contribution in [-0.4, -0.2) is 30.4 Å². The zero-order valence-electron chi connectivity index (χ0n) is 15.1. The van der Waals surface area contributed by atoms with Crippen LogP contribution in [0.3, 0.4) is 0 Å². The Balaban J connectivity index is 1.38. The Kier molecular flexibility index (Phi) is 6.49. The van der Waals surface area contributed by atoms with E-state index in [9.17, 15) is 14.4 Å². The van der Waals surface area contributed by atoms with Gasteiger partial charge in [0.15, 0.2) is 0 Å². The summed E-state index contributed by atoms with van der Waals surface area (Å²) in [5, 5.41) is 11.6. The maximum atomic E-state index is 12.0. The zero-order chi connectivity index (χ0) is 19.9. The van der Waals surface area contributed by atoms with Gasteiger partial charge in [-0.2, -0.15) is 0 Å². The van der Waals surface area contributed by atoms with Gasteiger partial charge in [-0.25, -0.2) is 4.79 Å². The predicted molar refractivity (Wildman–Crippen MR) is 109 cm³/mol. The minimum absolute atomic E-state index is 0.142. The quantitative estimate of drug-likeness (QED) is 0.573. The molecule has 28 heavy (non-hydrogen) atoms. The van der Waals surface area contributed by atoms with Gasteiger partial charge in [0.25, 0.3) is 5.91 Å². The molecule has 1 aliphatic carbocycles. The standard InChI is InChI=1S/C20H21ClN4O3/c21-14-3-1-13(2-4-14)19(27)22-12-11-18(26)23-15-5-7-16(8-6-15)24-20(28)25-17-9-10-17/h1-8,17H,9-12H2,(H,22,27)(H,23,26)(H2,24,25,28). The van der Waals surface area contributed by atoms with Crippen LogP contribution in [0.15, 0.2) is 48.5 Å². The summed E-state index contributed by atoms with van der Waals surface area (Å²) in [6.07, 6.45) is 2.19. The van der Waals surface area contributed by atoms with Gasteiger partial charge >= 0.3 is 6.03 Å². The highest BCUT2D eigenvalue weighted by Crippen LogP contribution is 2.19. The highest BCUT2D eigenvalue weighted by molar-refractivity contribution is 6.30. The number of rotatable bonds is 7. The summed E-state index contributed by atoms with van der Waals surface area (Å²) in [5.74, 6) is -0.479. The van der Waals surface area contributed by atoms with Crippen molar-refractivity contribution in [3.8, 4) is 0 Å². The number of carbonyl (C=O) groups is 3. The molecule has 0 bridgehead atoms. The molecule has 146 valence electrons. The van der Waals surface area contributed by atoms with Crippen molar-refractivity contribution < 1.29 is 14.4 Å². The number of urea groups is 1. The van der Waals surface area contributed by atoms with E-state index in [2.05, 4.69) is 21.3 Å². The molecule has 1 saturated carbocycles. The molecule has 4 amide bonds. The van der Waals surface area contributed by atoms with Crippen LogP contribution in [0.1, 0.15) is 29.6 Å². The Hall–Kier alpha value is -3.06. The average Bonchev–Trinajstić information content (AvgIpc) is 3.47. The fourth-order valence-corrected chi connectivity index (χ4v) is 2.56. The zero-order valence-corrected chi connectivity index (χ0v) is 15.9. The minimum Gasteiger partial charge on any atom is -0.352 e. The first-order chi connectivity index (χ1) is 13.5. The van der Waals surface area contributed by atoms with Gasteiger partial charge < -0.3 is 21.3 Å². The number of anilines is 2. The monoisotopic (exact) mass is 400 g/mol. The third-order valence-corrected chi connectivity index (χ3v) is 4.34. The van der Waals surface area contributed by atoms with Crippen LogP contribution in [0.4, 0.5) is 16.2 Å². The maximum Gasteiger partial charge on any atom is 0.319 e. The lowest BCUT2D eigenvalue weighted by Crippen LogP contribution is -2.30. The lowest BCUT2D eigenvalue weighted by atomic mass is 10.2. The van der Waals surface area contributed by atoms with E-state index in [-0.39, 0.29) is 30.8 Å². The molecule has 4 N–H and O–H groups in total. The Morgan fingerprint density at radius 1 is 0.893 bits per heavy atom. The van der Waals surface area contributed by atoms with E-state index in [1.165, 1.54) is 0 Å². The van der Waals surface area contributed by atoms with Crippen LogP contribution in [0, 0.1) is 0 Å². The van der Waals surface area contributed by atoms with Crippen LogP contribution in [0.25, 0.3) is 0 Å². The van der Waals surface area contributed by atoms with Crippen molar-refractivity contribution in [2.45, 2.75) is 25.3 Å². The number of hydrogen-bond donors (Lipinski definition) is 4. The van der Waals surface area contributed by atoms with Gasteiger partial charge in [0, 0.05) is 41.0 Å². The number of halogens is 1. The third kappa shape index (κ3) is 6.28. The summed E-state index contributed by atoms with van der Waals surface area (Å²) in [7, 11) is 0. The molecule has 0 radical (unpaired) electrons. The first-order valence-corrected chi connectivity index (χ1v) is 9.38. The second kappa shape index (κ2) is 9.23. The number of amides is 4. The molecule has 7 nitrogen and oxygen atoms in total. The molecule has 2 aromatic rings. The molecule has 8 heteroatoms. The number of carbonyl (C=O) groups excluding carboxylic acids is 3. The summed E-state index contributed by atoms with van der Waals surface area (Å²) in [6, 6.07) is 13.4. The lowest BCUT2D eigenvalue weighted by Gasteiger charge is -2.09. The smallest absolute Gasteiger partial charge is 0.319 e. The van der Waals surface area contributed by atoms with E-state index in [0.717, 1.165) is 12.8 Å². The Bertz CT molecular complexity index is 849. The summed E-state index contributed by atoms with van der Waals surface area (Å²) in [5.41, 5.74) is 1.74. The first kappa shape index (κ1) is 19.7. The van der Waals surface area contributed by atoms with Crippen LogP contribution >= 0.6 is 11.6 Å².